The van der Waals surface area contributed by atoms with E-state index in [0.717, 1.165) is 5.56 Å². The molecule has 2 atom stereocenters. The number of rotatable bonds is 6. The van der Waals surface area contributed by atoms with Gasteiger partial charge >= 0.3 is 0 Å². The van der Waals surface area contributed by atoms with Crippen LogP contribution in [0.25, 0.3) is 0 Å². The SMILES string of the molecule is CCNC(c1cncc(OC)c1)C(C)S(C)(=O)=O. The average molecular weight is 272 g/mol. The van der Waals surface area contributed by atoms with Crippen molar-refractivity contribution in [2.75, 3.05) is 19.9 Å². The standard InChI is InChI=1S/C12H20N2O3S/c1-5-14-12(9(2)18(4,15)16)10-6-11(17-3)8-13-7-10/h6-9,12,14H,5H2,1-4H3. The summed E-state index contributed by atoms with van der Waals surface area (Å²) in [5.41, 5.74) is 0.814. The molecule has 1 heterocycles. The molecule has 0 fully saturated rings. The Morgan fingerprint density at radius 1 is 1.44 bits per heavy atom. The van der Waals surface area contributed by atoms with Gasteiger partial charge in [-0.25, -0.2) is 8.42 Å². The lowest BCUT2D eigenvalue weighted by atomic mass is 10.1. The minimum Gasteiger partial charge on any atom is -0.495 e. The molecule has 6 heteroatoms. The van der Waals surface area contributed by atoms with Crippen LogP contribution in [0.2, 0.25) is 0 Å². The van der Waals surface area contributed by atoms with Crippen LogP contribution in [-0.4, -0.2) is 38.6 Å². The fourth-order valence-electron chi connectivity index (χ4n) is 1.74. The molecule has 1 N–H and O–H groups in total. The summed E-state index contributed by atoms with van der Waals surface area (Å²) in [5.74, 6) is 0.621. The van der Waals surface area contributed by atoms with Gasteiger partial charge < -0.3 is 10.1 Å². The molecule has 0 aliphatic rings. The number of aromatic nitrogens is 1. The number of hydrogen-bond acceptors (Lipinski definition) is 5. The second-order valence-electron chi connectivity index (χ2n) is 4.23. The Morgan fingerprint density at radius 3 is 2.61 bits per heavy atom. The van der Waals surface area contributed by atoms with Gasteiger partial charge in [0.25, 0.3) is 0 Å². The van der Waals surface area contributed by atoms with Crippen LogP contribution in [0.3, 0.4) is 0 Å². The molecule has 0 aromatic carbocycles. The third-order valence-electron chi connectivity index (χ3n) is 2.90. The average Bonchev–Trinajstić information content (AvgIpc) is 2.34. The van der Waals surface area contributed by atoms with Crippen LogP contribution < -0.4 is 10.1 Å². The van der Waals surface area contributed by atoms with E-state index in [1.807, 2.05) is 13.0 Å². The summed E-state index contributed by atoms with van der Waals surface area (Å²) in [4.78, 5) is 4.06. The molecule has 1 aromatic heterocycles. The number of sulfone groups is 1. The Kier molecular flexibility index (Phi) is 5.10. The first-order valence-electron chi connectivity index (χ1n) is 5.81. The highest BCUT2D eigenvalue weighted by Crippen LogP contribution is 2.23. The summed E-state index contributed by atoms with van der Waals surface area (Å²) in [6, 6.07) is 1.52. The molecule has 0 saturated heterocycles. The van der Waals surface area contributed by atoms with Crippen molar-refractivity contribution >= 4 is 9.84 Å². The first-order chi connectivity index (χ1) is 8.40. The normalized spacial score (nSPS) is 15.1. The van der Waals surface area contributed by atoms with E-state index < -0.39 is 15.1 Å². The van der Waals surface area contributed by atoms with Gasteiger partial charge in [0.05, 0.1) is 24.6 Å². The highest BCUT2D eigenvalue weighted by atomic mass is 32.2. The molecule has 0 amide bonds. The lowest BCUT2D eigenvalue weighted by molar-refractivity contribution is 0.410. The van der Waals surface area contributed by atoms with Gasteiger partial charge in [-0.15, -0.1) is 0 Å². The summed E-state index contributed by atoms with van der Waals surface area (Å²) in [5, 5.41) is 2.66. The number of pyridine rings is 1. The second-order valence-corrected chi connectivity index (χ2v) is 6.63. The Balaban J connectivity index is 3.11. The molecule has 0 bridgehead atoms. The zero-order valence-electron chi connectivity index (χ0n) is 11.2. The van der Waals surface area contributed by atoms with E-state index in [2.05, 4.69) is 10.3 Å². The van der Waals surface area contributed by atoms with E-state index in [0.29, 0.717) is 12.3 Å². The van der Waals surface area contributed by atoms with E-state index in [1.54, 1.807) is 26.4 Å². The molecular weight excluding hydrogens is 252 g/mol. The van der Waals surface area contributed by atoms with Crippen molar-refractivity contribution in [1.82, 2.24) is 10.3 Å². The fourth-order valence-corrected chi connectivity index (χ4v) is 2.49. The maximum Gasteiger partial charge on any atom is 0.151 e. The molecule has 0 aliphatic carbocycles. The topological polar surface area (TPSA) is 68.3 Å². The third-order valence-corrected chi connectivity index (χ3v) is 4.52. The van der Waals surface area contributed by atoms with Crippen LogP contribution in [0.1, 0.15) is 25.5 Å². The number of ether oxygens (including phenoxy) is 1. The number of hydrogen-bond donors (Lipinski definition) is 1. The summed E-state index contributed by atoms with van der Waals surface area (Å²) in [7, 11) is -1.56. The van der Waals surface area contributed by atoms with Crippen LogP contribution in [-0.2, 0) is 9.84 Å². The molecule has 5 nitrogen and oxygen atoms in total. The minimum atomic E-state index is -3.12. The Bertz CT molecular complexity index is 488. The smallest absolute Gasteiger partial charge is 0.151 e. The van der Waals surface area contributed by atoms with Crippen LogP contribution in [0.5, 0.6) is 5.75 Å². The molecule has 102 valence electrons. The van der Waals surface area contributed by atoms with Crippen LogP contribution in [0, 0.1) is 0 Å². The molecule has 18 heavy (non-hydrogen) atoms. The molecule has 1 rings (SSSR count). The van der Waals surface area contributed by atoms with Crippen LogP contribution in [0.15, 0.2) is 18.5 Å². The van der Waals surface area contributed by atoms with Crippen LogP contribution >= 0.6 is 0 Å². The monoisotopic (exact) mass is 272 g/mol. The highest BCUT2D eigenvalue weighted by Gasteiger charge is 2.27. The Morgan fingerprint density at radius 2 is 2.11 bits per heavy atom. The lowest BCUT2D eigenvalue weighted by Gasteiger charge is -2.23. The summed E-state index contributed by atoms with van der Waals surface area (Å²) >= 11 is 0. The van der Waals surface area contributed by atoms with E-state index in [9.17, 15) is 8.42 Å². The summed E-state index contributed by atoms with van der Waals surface area (Å²) in [6.07, 6.45) is 4.50. The van der Waals surface area contributed by atoms with Crippen molar-refractivity contribution in [3.63, 3.8) is 0 Å². The van der Waals surface area contributed by atoms with Crippen molar-refractivity contribution in [1.29, 1.82) is 0 Å². The molecule has 0 spiro atoms. The minimum absolute atomic E-state index is 0.285. The van der Waals surface area contributed by atoms with Gasteiger partial charge in [-0.05, 0) is 25.1 Å². The van der Waals surface area contributed by atoms with E-state index in [4.69, 9.17) is 4.74 Å². The maximum atomic E-state index is 11.7. The largest absolute Gasteiger partial charge is 0.495 e. The van der Waals surface area contributed by atoms with Gasteiger partial charge in [0.1, 0.15) is 5.75 Å². The van der Waals surface area contributed by atoms with Crippen LogP contribution in [0.4, 0.5) is 0 Å². The number of nitrogens with one attached hydrogen (secondary N) is 1. The lowest BCUT2D eigenvalue weighted by Crippen LogP contribution is -2.35. The van der Waals surface area contributed by atoms with E-state index in [1.165, 1.54) is 6.26 Å². The molecular formula is C12H20N2O3S. The first-order valence-corrected chi connectivity index (χ1v) is 7.76. The molecule has 0 saturated carbocycles. The molecule has 0 radical (unpaired) electrons. The Labute approximate surface area is 108 Å². The van der Waals surface area contributed by atoms with E-state index >= 15 is 0 Å². The van der Waals surface area contributed by atoms with Gasteiger partial charge in [0.15, 0.2) is 9.84 Å². The molecule has 2 unspecified atom stereocenters. The highest BCUT2D eigenvalue weighted by molar-refractivity contribution is 7.91. The van der Waals surface area contributed by atoms with E-state index in [-0.39, 0.29) is 6.04 Å². The van der Waals surface area contributed by atoms with Gasteiger partial charge in [0.2, 0.25) is 0 Å². The summed E-state index contributed by atoms with van der Waals surface area (Å²) < 4.78 is 28.5. The summed E-state index contributed by atoms with van der Waals surface area (Å²) in [6.45, 7) is 4.32. The van der Waals surface area contributed by atoms with Crippen molar-refractivity contribution in [2.45, 2.75) is 25.1 Å². The third kappa shape index (κ3) is 3.68. The zero-order valence-corrected chi connectivity index (χ0v) is 12.0. The Hall–Kier alpha value is -1.14. The quantitative estimate of drug-likeness (QED) is 0.842. The second kappa shape index (κ2) is 6.15. The predicted octanol–water partition coefficient (Wildman–Crippen LogP) is 1.17. The van der Waals surface area contributed by atoms with Gasteiger partial charge in [-0.1, -0.05) is 6.92 Å². The van der Waals surface area contributed by atoms with Crippen molar-refractivity contribution in [2.24, 2.45) is 0 Å². The maximum absolute atomic E-state index is 11.7. The zero-order chi connectivity index (χ0) is 13.8. The van der Waals surface area contributed by atoms with Crippen molar-refractivity contribution in [3.8, 4) is 5.75 Å². The van der Waals surface area contributed by atoms with Gasteiger partial charge in [-0.2, -0.15) is 0 Å². The predicted molar refractivity (Wildman–Crippen MR) is 71.5 cm³/mol. The van der Waals surface area contributed by atoms with Crippen molar-refractivity contribution in [3.05, 3.63) is 24.0 Å². The molecule has 0 aliphatic heterocycles. The van der Waals surface area contributed by atoms with Gasteiger partial charge in [0, 0.05) is 12.5 Å². The fraction of sp³-hybridized carbons (Fsp3) is 0.583. The first kappa shape index (κ1) is 14.9. The molecule has 1 aromatic rings. The number of nitrogens with zero attached hydrogens (tertiary/aromatic N) is 1. The van der Waals surface area contributed by atoms with Gasteiger partial charge in [-0.3, -0.25) is 4.98 Å². The number of methoxy groups -OCH3 is 1. The van der Waals surface area contributed by atoms with Crippen molar-refractivity contribution < 1.29 is 13.2 Å².